The first-order valence-electron chi connectivity index (χ1n) is 9.03. The minimum absolute atomic E-state index is 0.169. The molecule has 0 amide bonds. The molecule has 1 aliphatic heterocycles. The van der Waals surface area contributed by atoms with Crippen molar-refractivity contribution in [2.24, 2.45) is 16.3 Å². The van der Waals surface area contributed by atoms with E-state index in [2.05, 4.69) is 49.4 Å². The second kappa shape index (κ2) is 9.02. The van der Waals surface area contributed by atoms with Crippen molar-refractivity contribution in [2.45, 2.75) is 46.6 Å². The molecule has 2 rings (SSSR count). The highest BCUT2D eigenvalue weighted by molar-refractivity contribution is 5.79. The van der Waals surface area contributed by atoms with Gasteiger partial charge in [-0.1, -0.05) is 26.8 Å². The van der Waals surface area contributed by atoms with Crippen molar-refractivity contribution in [1.82, 2.24) is 15.6 Å². The highest BCUT2D eigenvalue weighted by atomic mass is 16.5. The van der Waals surface area contributed by atoms with E-state index in [9.17, 15) is 0 Å². The molecule has 0 bridgehead atoms. The minimum Gasteiger partial charge on any atom is -0.377 e. The maximum atomic E-state index is 5.94. The number of hydrogen-bond donors (Lipinski definition) is 2. The zero-order valence-corrected chi connectivity index (χ0v) is 15.5. The Labute approximate surface area is 146 Å². The number of hydrogen-bond acceptors (Lipinski definition) is 3. The van der Waals surface area contributed by atoms with E-state index in [1.165, 1.54) is 5.56 Å². The fourth-order valence-corrected chi connectivity index (χ4v) is 3.20. The maximum Gasteiger partial charge on any atom is 0.191 e. The summed E-state index contributed by atoms with van der Waals surface area (Å²) < 4.78 is 5.94. The van der Waals surface area contributed by atoms with Crippen LogP contribution in [0.25, 0.3) is 0 Å². The third kappa shape index (κ3) is 5.78. The van der Waals surface area contributed by atoms with Gasteiger partial charge in [-0.05, 0) is 36.8 Å². The summed E-state index contributed by atoms with van der Waals surface area (Å²) in [6.07, 6.45) is 6.04. The Balaban J connectivity index is 1.86. The van der Waals surface area contributed by atoms with Gasteiger partial charge in [0.2, 0.25) is 0 Å². The first-order chi connectivity index (χ1) is 11.5. The number of aromatic nitrogens is 1. The molecule has 2 heterocycles. The van der Waals surface area contributed by atoms with Crippen molar-refractivity contribution < 1.29 is 4.74 Å². The molecule has 1 aliphatic rings. The molecule has 1 aromatic rings. The number of nitrogens with zero attached hydrogens (tertiary/aromatic N) is 2. The van der Waals surface area contributed by atoms with Crippen LogP contribution in [0.15, 0.2) is 29.5 Å². The van der Waals surface area contributed by atoms with Crippen LogP contribution in [0.4, 0.5) is 0 Å². The van der Waals surface area contributed by atoms with Gasteiger partial charge in [0.05, 0.1) is 6.10 Å². The molecule has 5 nitrogen and oxygen atoms in total. The molecule has 2 unspecified atom stereocenters. The number of nitrogens with one attached hydrogen (secondary N) is 2. The van der Waals surface area contributed by atoms with Gasteiger partial charge in [-0.2, -0.15) is 0 Å². The highest BCUT2D eigenvalue weighted by Gasteiger charge is 2.36. The van der Waals surface area contributed by atoms with Crippen LogP contribution >= 0.6 is 0 Å². The van der Waals surface area contributed by atoms with E-state index in [1.807, 2.05) is 12.3 Å². The van der Waals surface area contributed by atoms with Crippen LogP contribution in [-0.4, -0.2) is 43.3 Å². The third-order valence-corrected chi connectivity index (χ3v) is 4.32. The molecule has 0 radical (unpaired) electrons. The van der Waals surface area contributed by atoms with Crippen LogP contribution in [0.3, 0.4) is 0 Å². The van der Waals surface area contributed by atoms with Gasteiger partial charge in [-0.3, -0.25) is 9.98 Å². The molecule has 1 saturated heterocycles. The molecule has 0 aromatic carbocycles. The fourth-order valence-electron chi connectivity index (χ4n) is 3.20. The van der Waals surface area contributed by atoms with Gasteiger partial charge in [-0.15, -0.1) is 0 Å². The van der Waals surface area contributed by atoms with Crippen molar-refractivity contribution in [2.75, 3.05) is 26.2 Å². The quantitative estimate of drug-likeness (QED) is 0.621. The molecule has 24 heavy (non-hydrogen) atoms. The summed E-state index contributed by atoms with van der Waals surface area (Å²) in [5.41, 5.74) is 1.40. The van der Waals surface area contributed by atoms with Gasteiger partial charge in [0.15, 0.2) is 5.96 Å². The average Bonchev–Trinajstić information content (AvgIpc) is 3.02. The summed E-state index contributed by atoms with van der Waals surface area (Å²) in [4.78, 5) is 8.94. The number of pyridine rings is 1. The van der Waals surface area contributed by atoms with Crippen LogP contribution < -0.4 is 10.6 Å². The van der Waals surface area contributed by atoms with E-state index < -0.39 is 0 Å². The Morgan fingerprint density at radius 3 is 2.88 bits per heavy atom. The van der Waals surface area contributed by atoms with Crippen LogP contribution in [0.2, 0.25) is 0 Å². The van der Waals surface area contributed by atoms with Gasteiger partial charge in [0.1, 0.15) is 0 Å². The standard InChI is InChI=1S/C19H32N4O/c1-5-21-18(22-11-8-15-7-6-10-20-13-15)23-14-16-9-12-24-17(16)19(2,3)4/h6-7,10,13,16-17H,5,8-9,11-12,14H2,1-4H3,(H2,21,22,23). The van der Waals surface area contributed by atoms with E-state index in [0.717, 1.165) is 45.0 Å². The summed E-state index contributed by atoms with van der Waals surface area (Å²) >= 11 is 0. The first-order valence-corrected chi connectivity index (χ1v) is 9.03. The van der Waals surface area contributed by atoms with Gasteiger partial charge < -0.3 is 15.4 Å². The topological polar surface area (TPSA) is 58.5 Å². The molecule has 2 N–H and O–H groups in total. The molecular weight excluding hydrogens is 300 g/mol. The Morgan fingerprint density at radius 1 is 1.38 bits per heavy atom. The lowest BCUT2D eigenvalue weighted by molar-refractivity contribution is 0.00890. The molecule has 0 saturated carbocycles. The normalized spacial score (nSPS) is 21.8. The summed E-state index contributed by atoms with van der Waals surface area (Å²) in [6, 6.07) is 4.07. The largest absolute Gasteiger partial charge is 0.377 e. The van der Waals surface area contributed by atoms with Crippen LogP contribution in [0.1, 0.15) is 39.7 Å². The van der Waals surface area contributed by atoms with E-state index in [1.54, 1.807) is 6.20 Å². The monoisotopic (exact) mass is 332 g/mol. The number of ether oxygens (including phenoxy) is 1. The van der Waals surface area contributed by atoms with Crippen molar-refractivity contribution in [3.63, 3.8) is 0 Å². The lowest BCUT2D eigenvalue weighted by Gasteiger charge is -2.30. The smallest absolute Gasteiger partial charge is 0.191 e. The number of guanidine groups is 1. The van der Waals surface area contributed by atoms with Gasteiger partial charge in [0, 0.05) is 44.6 Å². The second-order valence-electron chi connectivity index (χ2n) is 7.46. The second-order valence-corrected chi connectivity index (χ2v) is 7.46. The predicted octanol–water partition coefficient (Wildman–Crippen LogP) is 2.63. The lowest BCUT2D eigenvalue weighted by Crippen LogP contribution is -2.39. The summed E-state index contributed by atoms with van der Waals surface area (Å²) in [7, 11) is 0. The van der Waals surface area contributed by atoms with Crippen LogP contribution in [0.5, 0.6) is 0 Å². The Kier molecular flexibility index (Phi) is 7.03. The lowest BCUT2D eigenvalue weighted by atomic mass is 9.81. The number of rotatable bonds is 6. The Bertz CT molecular complexity index is 510. The average molecular weight is 332 g/mol. The number of aliphatic imine (C=N–C) groups is 1. The van der Waals surface area contributed by atoms with E-state index in [-0.39, 0.29) is 5.41 Å². The zero-order chi connectivity index (χ0) is 17.4. The molecule has 2 atom stereocenters. The maximum absolute atomic E-state index is 5.94. The minimum atomic E-state index is 0.169. The highest BCUT2D eigenvalue weighted by Crippen LogP contribution is 2.34. The van der Waals surface area contributed by atoms with Crippen molar-refractivity contribution in [3.05, 3.63) is 30.1 Å². The van der Waals surface area contributed by atoms with Crippen molar-refractivity contribution >= 4 is 5.96 Å². The van der Waals surface area contributed by atoms with Gasteiger partial charge in [0.25, 0.3) is 0 Å². The molecule has 134 valence electrons. The van der Waals surface area contributed by atoms with Crippen LogP contribution in [-0.2, 0) is 11.2 Å². The van der Waals surface area contributed by atoms with Crippen molar-refractivity contribution in [1.29, 1.82) is 0 Å². The fraction of sp³-hybridized carbons (Fsp3) is 0.684. The van der Waals surface area contributed by atoms with E-state index >= 15 is 0 Å². The van der Waals surface area contributed by atoms with E-state index in [4.69, 9.17) is 9.73 Å². The van der Waals surface area contributed by atoms with Crippen molar-refractivity contribution in [3.8, 4) is 0 Å². The van der Waals surface area contributed by atoms with Gasteiger partial charge in [-0.25, -0.2) is 0 Å². The molecular formula is C19H32N4O. The molecule has 5 heteroatoms. The summed E-state index contributed by atoms with van der Waals surface area (Å²) in [5.74, 6) is 1.39. The van der Waals surface area contributed by atoms with Crippen LogP contribution in [0, 0.1) is 11.3 Å². The van der Waals surface area contributed by atoms with E-state index in [0.29, 0.717) is 12.0 Å². The third-order valence-electron chi connectivity index (χ3n) is 4.32. The zero-order valence-electron chi connectivity index (χ0n) is 15.5. The predicted molar refractivity (Wildman–Crippen MR) is 99.2 cm³/mol. The molecule has 1 aromatic heterocycles. The molecule has 1 fully saturated rings. The summed E-state index contributed by atoms with van der Waals surface area (Å²) in [5, 5.41) is 6.75. The SMILES string of the molecule is CCNC(=NCC1CCOC1C(C)(C)C)NCCc1cccnc1. The first kappa shape index (κ1) is 18.7. The Hall–Kier alpha value is -1.62. The Morgan fingerprint density at radius 2 is 2.21 bits per heavy atom. The molecule has 0 aliphatic carbocycles. The molecule has 0 spiro atoms. The summed E-state index contributed by atoms with van der Waals surface area (Å²) in [6.45, 7) is 12.2. The van der Waals surface area contributed by atoms with Gasteiger partial charge >= 0.3 is 0 Å².